The van der Waals surface area contributed by atoms with Crippen molar-refractivity contribution in [2.24, 2.45) is 5.92 Å². The molecule has 2 N–H and O–H groups in total. The lowest BCUT2D eigenvalue weighted by atomic mass is 10.2. The van der Waals surface area contributed by atoms with E-state index in [0.717, 1.165) is 12.8 Å². The van der Waals surface area contributed by atoms with E-state index in [-0.39, 0.29) is 11.1 Å². The number of hydrogen-bond donors (Lipinski definition) is 2. The van der Waals surface area contributed by atoms with Crippen molar-refractivity contribution in [3.8, 4) is 0 Å². The molecule has 0 spiro atoms. The maximum atomic E-state index is 11.8. The van der Waals surface area contributed by atoms with Crippen LogP contribution < -0.4 is 4.72 Å². The molecular formula is C9H15N3O2S. The Bertz CT molecular complexity index is 448. The van der Waals surface area contributed by atoms with Crippen LogP contribution in [0.3, 0.4) is 0 Å². The standard InChI is InChI=1S/C9H15N3O2S/c1-6(8-3-4-8)12-15(13,14)9-5-10-7(2)11-9/h5-6,8,12H,3-4H2,1-2H3,(H,10,11). The molecule has 1 fully saturated rings. The lowest BCUT2D eigenvalue weighted by Crippen LogP contribution is -2.34. The molecule has 1 heterocycles. The van der Waals surface area contributed by atoms with Gasteiger partial charge in [0.05, 0.1) is 6.20 Å². The van der Waals surface area contributed by atoms with Gasteiger partial charge in [-0.15, -0.1) is 0 Å². The molecule has 1 unspecified atom stereocenters. The van der Waals surface area contributed by atoms with Gasteiger partial charge in [-0.25, -0.2) is 18.1 Å². The fraction of sp³-hybridized carbons (Fsp3) is 0.667. The normalized spacial score (nSPS) is 19.1. The number of imidazole rings is 1. The number of sulfonamides is 1. The smallest absolute Gasteiger partial charge is 0.257 e. The Morgan fingerprint density at radius 1 is 1.60 bits per heavy atom. The molecule has 84 valence electrons. The predicted octanol–water partition coefficient (Wildman–Crippen LogP) is 0.795. The van der Waals surface area contributed by atoms with E-state index in [4.69, 9.17) is 0 Å². The maximum Gasteiger partial charge on any atom is 0.257 e. The first kappa shape index (κ1) is 10.6. The van der Waals surface area contributed by atoms with Gasteiger partial charge in [0.2, 0.25) is 0 Å². The zero-order valence-electron chi connectivity index (χ0n) is 8.82. The minimum Gasteiger partial charge on any atom is -0.332 e. The Hall–Kier alpha value is -0.880. The van der Waals surface area contributed by atoms with E-state index in [0.29, 0.717) is 11.7 Å². The Morgan fingerprint density at radius 3 is 2.73 bits per heavy atom. The third-order valence-electron chi connectivity index (χ3n) is 2.64. The predicted molar refractivity (Wildman–Crippen MR) is 55.8 cm³/mol. The number of aromatic nitrogens is 2. The molecule has 1 aromatic heterocycles. The summed E-state index contributed by atoms with van der Waals surface area (Å²) in [6.45, 7) is 3.63. The van der Waals surface area contributed by atoms with E-state index in [2.05, 4.69) is 14.7 Å². The highest BCUT2D eigenvalue weighted by Crippen LogP contribution is 2.32. The molecular weight excluding hydrogens is 214 g/mol. The van der Waals surface area contributed by atoms with Crippen LogP contribution in [0.2, 0.25) is 0 Å². The topological polar surface area (TPSA) is 74.8 Å². The molecule has 0 aromatic carbocycles. The molecule has 5 nitrogen and oxygen atoms in total. The van der Waals surface area contributed by atoms with Gasteiger partial charge in [-0.3, -0.25) is 0 Å². The first-order valence-electron chi connectivity index (χ1n) is 5.03. The first-order valence-corrected chi connectivity index (χ1v) is 6.51. The quantitative estimate of drug-likeness (QED) is 0.801. The van der Waals surface area contributed by atoms with Gasteiger partial charge in [0, 0.05) is 6.04 Å². The Labute approximate surface area is 89.4 Å². The molecule has 15 heavy (non-hydrogen) atoms. The largest absolute Gasteiger partial charge is 0.332 e. The highest BCUT2D eigenvalue weighted by molar-refractivity contribution is 7.89. The van der Waals surface area contributed by atoms with Gasteiger partial charge in [-0.05, 0) is 32.6 Å². The third kappa shape index (κ3) is 2.38. The Balaban J connectivity index is 2.12. The van der Waals surface area contributed by atoms with Crippen LogP contribution in [0.5, 0.6) is 0 Å². The summed E-state index contributed by atoms with van der Waals surface area (Å²) < 4.78 is 26.3. The minimum atomic E-state index is -3.41. The van der Waals surface area contributed by atoms with Crippen molar-refractivity contribution in [3.05, 3.63) is 12.0 Å². The summed E-state index contributed by atoms with van der Waals surface area (Å²) in [5.74, 6) is 1.11. The molecule has 2 rings (SSSR count). The van der Waals surface area contributed by atoms with Crippen LogP contribution in [0.1, 0.15) is 25.6 Å². The van der Waals surface area contributed by atoms with E-state index in [9.17, 15) is 8.42 Å². The summed E-state index contributed by atoms with van der Waals surface area (Å²) in [5, 5.41) is 0.146. The van der Waals surface area contributed by atoms with E-state index in [1.54, 1.807) is 6.92 Å². The molecule has 6 heteroatoms. The molecule has 1 aliphatic carbocycles. The van der Waals surface area contributed by atoms with Crippen molar-refractivity contribution in [1.82, 2.24) is 14.7 Å². The average molecular weight is 229 g/mol. The van der Waals surface area contributed by atoms with Crippen LogP contribution in [-0.4, -0.2) is 24.4 Å². The van der Waals surface area contributed by atoms with Gasteiger partial charge in [0.15, 0.2) is 5.03 Å². The van der Waals surface area contributed by atoms with Gasteiger partial charge in [-0.1, -0.05) is 0 Å². The lowest BCUT2D eigenvalue weighted by Gasteiger charge is -2.11. The summed E-state index contributed by atoms with van der Waals surface area (Å²) in [6.07, 6.45) is 3.58. The van der Waals surface area contributed by atoms with Crippen LogP contribution in [0.4, 0.5) is 0 Å². The second-order valence-corrected chi connectivity index (χ2v) is 5.76. The number of nitrogens with zero attached hydrogens (tertiary/aromatic N) is 1. The zero-order valence-corrected chi connectivity index (χ0v) is 9.63. The number of H-pyrrole nitrogens is 1. The fourth-order valence-electron chi connectivity index (χ4n) is 1.54. The summed E-state index contributed by atoms with van der Waals surface area (Å²) in [7, 11) is -3.41. The van der Waals surface area contributed by atoms with Gasteiger partial charge in [0.1, 0.15) is 5.82 Å². The second kappa shape index (κ2) is 3.61. The SMILES string of the molecule is Cc1ncc(S(=O)(=O)NC(C)C2CC2)[nH]1. The van der Waals surface area contributed by atoms with Crippen molar-refractivity contribution >= 4 is 10.0 Å². The molecule has 0 saturated heterocycles. The number of aromatic amines is 1. The van der Waals surface area contributed by atoms with Crippen LogP contribution in [-0.2, 0) is 10.0 Å². The second-order valence-electron chi connectivity index (χ2n) is 4.08. The van der Waals surface area contributed by atoms with Crippen molar-refractivity contribution < 1.29 is 8.42 Å². The van der Waals surface area contributed by atoms with Crippen LogP contribution in [0.25, 0.3) is 0 Å². The van der Waals surface area contributed by atoms with Crippen molar-refractivity contribution in [1.29, 1.82) is 0 Å². The lowest BCUT2D eigenvalue weighted by molar-refractivity contribution is 0.535. The van der Waals surface area contributed by atoms with Crippen molar-refractivity contribution in [2.45, 2.75) is 37.8 Å². The number of hydrogen-bond acceptors (Lipinski definition) is 3. The van der Waals surface area contributed by atoms with Crippen molar-refractivity contribution in [2.75, 3.05) is 0 Å². The van der Waals surface area contributed by atoms with E-state index in [1.807, 2.05) is 6.92 Å². The fourth-order valence-corrected chi connectivity index (χ4v) is 2.82. The van der Waals surface area contributed by atoms with Gasteiger partial charge in [-0.2, -0.15) is 0 Å². The van der Waals surface area contributed by atoms with Crippen LogP contribution >= 0.6 is 0 Å². The highest BCUT2D eigenvalue weighted by Gasteiger charge is 2.31. The average Bonchev–Trinajstić information content (AvgIpc) is 2.88. The summed E-state index contributed by atoms with van der Waals surface area (Å²) in [4.78, 5) is 6.60. The molecule has 0 bridgehead atoms. The van der Waals surface area contributed by atoms with Gasteiger partial charge >= 0.3 is 0 Å². The summed E-state index contributed by atoms with van der Waals surface area (Å²) in [5.41, 5.74) is 0. The van der Waals surface area contributed by atoms with Crippen LogP contribution in [0.15, 0.2) is 11.2 Å². The molecule has 1 saturated carbocycles. The van der Waals surface area contributed by atoms with E-state index < -0.39 is 10.0 Å². The summed E-state index contributed by atoms with van der Waals surface area (Å²) >= 11 is 0. The zero-order chi connectivity index (χ0) is 11.1. The maximum absolute atomic E-state index is 11.8. The Kier molecular flexibility index (Phi) is 2.56. The number of rotatable bonds is 4. The molecule has 1 aromatic rings. The van der Waals surface area contributed by atoms with Gasteiger partial charge < -0.3 is 4.98 Å². The highest BCUT2D eigenvalue weighted by atomic mass is 32.2. The molecule has 0 amide bonds. The van der Waals surface area contributed by atoms with E-state index in [1.165, 1.54) is 6.20 Å². The van der Waals surface area contributed by atoms with Crippen LogP contribution in [0, 0.1) is 12.8 Å². The van der Waals surface area contributed by atoms with Crippen molar-refractivity contribution in [3.63, 3.8) is 0 Å². The molecule has 1 aliphatic rings. The first-order chi connectivity index (χ1) is 6.99. The Morgan fingerprint density at radius 2 is 2.27 bits per heavy atom. The molecule has 1 atom stereocenters. The summed E-state index contributed by atoms with van der Waals surface area (Å²) in [6, 6.07) is 0.0126. The number of aryl methyl sites for hydroxylation is 1. The molecule has 0 radical (unpaired) electrons. The monoisotopic (exact) mass is 229 g/mol. The molecule has 0 aliphatic heterocycles. The van der Waals surface area contributed by atoms with Gasteiger partial charge in [0.25, 0.3) is 10.0 Å². The minimum absolute atomic E-state index is 0.0126. The van der Waals surface area contributed by atoms with E-state index >= 15 is 0 Å². The third-order valence-corrected chi connectivity index (χ3v) is 4.11. The number of nitrogens with one attached hydrogen (secondary N) is 2.